The molecule has 0 radical (unpaired) electrons. The second-order valence-electron chi connectivity index (χ2n) is 4.45. The molecule has 1 N–H and O–H groups in total. The van der Waals surface area contributed by atoms with Gasteiger partial charge in [-0.05, 0) is 44.2 Å². The number of aliphatic hydroxyl groups excluding tert-OH is 1. The SMILES string of the molecule is Cc1ccc(F)c(C(O)C2=CCCCC2)c1. The Hall–Kier alpha value is -1.15. The summed E-state index contributed by atoms with van der Waals surface area (Å²) in [7, 11) is 0. The van der Waals surface area contributed by atoms with Crippen molar-refractivity contribution in [2.45, 2.75) is 38.7 Å². The van der Waals surface area contributed by atoms with Crippen LogP contribution in [0.1, 0.15) is 42.9 Å². The summed E-state index contributed by atoms with van der Waals surface area (Å²) in [5.74, 6) is -0.315. The van der Waals surface area contributed by atoms with E-state index in [1.54, 1.807) is 12.1 Å². The molecule has 0 amide bonds. The smallest absolute Gasteiger partial charge is 0.129 e. The lowest BCUT2D eigenvalue weighted by Gasteiger charge is -2.19. The molecule has 0 saturated carbocycles. The van der Waals surface area contributed by atoms with Crippen molar-refractivity contribution in [1.29, 1.82) is 0 Å². The molecule has 0 aliphatic heterocycles. The van der Waals surface area contributed by atoms with E-state index in [2.05, 4.69) is 6.08 Å². The zero-order chi connectivity index (χ0) is 11.5. The predicted octanol–water partition coefficient (Wildman–Crippen LogP) is 3.67. The van der Waals surface area contributed by atoms with Crippen molar-refractivity contribution in [1.82, 2.24) is 0 Å². The van der Waals surface area contributed by atoms with Crippen molar-refractivity contribution < 1.29 is 9.50 Å². The van der Waals surface area contributed by atoms with Crippen molar-refractivity contribution in [3.8, 4) is 0 Å². The molecule has 1 aromatic carbocycles. The van der Waals surface area contributed by atoms with Crippen LogP contribution < -0.4 is 0 Å². The Balaban J connectivity index is 2.29. The van der Waals surface area contributed by atoms with Gasteiger partial charge in [0, 0.05) is 5.56 Å². The molecule has 1 nitrogen and oxygen atoms in total. The lowest BCUT2D eigenvalue weighted by atomic mass is 9.91. The fraction of sp³-hybridized carbons (Fsp3) is 0.429. The first-order chi connectivity index (χ1) is 7.68. The van der Waals surface area contributed by atoms with E-state index in [4.69, 9.17) is 0 Å². The second kappa shape index (κ2) is 4.79. The molecule has 0 spiro atoms. The maximum absolute atomic E-state index is 13.6. The highest BCUT2D eigenvalue weighted by molar-refractivity contribution is 5.31. The van der Waals surface area contributed by atoms with Gasteiger partial charge in [0.1, 0.15) is 11.9 Å². The van der Waals surface area contributed by atoms with Gasteiger partial charge < -0.3 is 5.11 Å². The molecule has 2 heteroatoms. The molecule has 0 heterocycles. The Bertz CT molecular complexity index is 409. The lowest BCUT2D eigenvalue weighted by molar-refractivity contribution is 0.203. The van der Waals surface area contributed by atoms with Gasteiger partial charge in [-0.1, -0.05) is 23.8 Å². The molecular formula is C14H17FO. The van der Waals surface area contributed by atoms with Crippen LogP contribution in [0.25, 0.3) is 0 Å². The first kappa shape index (κ1) is 11.3. The third-order valence-corrected chi connectivity index (χ3v) is 3.12. The zero-order valence-corrected chi connectivity index (χ0v) is 9.54. The van der Waals surface area contributed by atoms with Gasteiger partial charge in [-0.3, -0.25) is 0 Å². The number of halogens is 1. The van der Waals surface area contributed by atoms with E-state index in [-0.39, 0.29) is 5.82 Å². The van der Waals surface area contributed by atoms with E-state index in [0.717, 1.165) is 30.4 Å². The molecule has 0 bridgehead atoms. The number of aryl methyl sites for hydroxylation is 1. The fourth-order valence-electron chi connectivity index (χ4n) is 2.18. The van der Waals surface area contributed by atoms with Crippen molar-refractivity contribution in [3.63, 3.8) is 0 Å². The minimum absolute atomic E-state index is 0.315. The van der Waals surface area contributed by atoms with Gasteiger partial charge in [0.05, 0.1) is 0 Å². The molecule has 16 heavy (non-hydrogen) atoms. The fourth-order valence-corrected chi connectivity index (χ4v) is 2.18. The normalized spacial score (nSPS) is 18.1. The van der Waals surface area contributed by atoms with Crippen molar-refractivity contribution in [3.05, 3.63) is 46.8 Å². The standard InChI is InChI=1S/C14H17FO/c1-10-7-8-13(15)12(9-10)14(16)11-5-3-2-4-6-11/h5,7-9,14,16H,2-4,6H2,1H3. The summed E-state index contributed by atoms with van der Waals surface area (Å²) in [6.07, 6.45) is 5.44. The topological polar surface area (TPSA) is 20.2 Å². The molecule has 1 aromatic rings. The number of allylic oxidation sites excluding steroid dienone is 1. The van der Waals surface area contributed by atoms with Crippen LogP contribution in [-0.4, -0.2) is 5.11 Å². The van der Waals surface area contributed by atoms with Crippen LogP contribution in [0.4, 0.5) is 4.39 Å². The highest BCUT2D eigenvalue weighted by Crippen LogP contribution is 2.31. The largest absolute Gasteiger partial charge is 0.384 e. The molecular weight excluding hydrogens is 203 g/mol. The second-order valence-corrected chi connectivity index (χ2v) is 4.45. The third-order valence-electron chi connectivity index (χ3n) is 3.12. The van der Waals surface area contributed by atoms with Gasteiger partial charge in [-0.2, -0.15) is 0 Å². The molecule has 1 atom stereocenters. The van der Waals surface area contributed by atoms with Crippen LogP contribution in [0, 0.1) is 12.7 Å². The highest BCUT2D eigenvalue weighted by Gasteiger charge is 2.18. The van der Waals surface area contributed by atoms with Crippen molar-refractivity contribution in [2.24, 2.45) is 0 Å². The molecule has 86 valence electrons. The molecule has 1 aliphatic rings. The minimum atomic E-state index is -0.764. The summed E-state index contributed by atoms with van der Waals surface area (Å²) in [5.41, 5.74) is 2.36. The Labute approximate surface area is 95.6 Å². The Morgan fingerprint density at radius 3 is 2.81 bits per heavy atom. The Morgan fingerprint density at radius 1 is 1.31 bits per heavy atom. The maximum Gasteiger partial charge on any atom is 0.129 e. The van der Waals surface area contributed by atoms with E-state index in [9.17, 15) is 9.50 Å². The third kappa shape index (κ3) is 2.33. The average molecular weight is 220 g/mol. The zero-order valence-electron chi connectivity index (χ0n) is 9.54. The number of rotatable bonds is 2. The van der Waals surface area contributed by atoms with E-state index in [0.29, 0.717) is 5.56 Å². The van der Waals surface area contributed by atoms with E-state index in [1.807, 2.05) is 6.92 Å². The van der Waals surface area contributed by atoms with Gasteiger partial charge in [-0.25, -0.2) is 4.39 Å². The van der Waals surface area contributed by atoms with Gasteiger partial charge in [0.15, 0.2) is 0 Å². The lowest BCUT2D eigenvalue weighted by Crippen LogP contribution is -2.07. The first-order valence-corrected chi connectivity index (χ1v) is 5.81. The van der Waals surface area contributed by atoms with Crippen molar-refractivity contribution in [2.75, 3.05) is 0 Å². The molecule has 1 unspecified atom stereocenters. The quantitative estimate of drug-likeness (QED) is 0.754. The van der Waals surface area contributed by atoms with Gasteiger partial charge in [0.25, 0.3) is 0 Å². The summed E-state index contributed by atoms with van der Waals surface area (Å²) >= 11 is 0. The van der Waals surface area contributed by atoms with E-state index >= 15 is 0 Å². The van der Waals surface area contributed by atoms with Crippen LogP contribution in [0.15, 0.2) is 29.8 Å². The van der Waals surface area contributed by atoms with Gasteiger partial charge in [-0.15, -0.1) is 0 Å². The van der Waals surface area contributed by atoms with E-state index in [1.165, 1.54) is 12.5 Å². The average Bonchev–Trinajstić information content (AvgIpc) is 2.32. The van der Waals surface area contributed by atoms with Crippen LogP contribution in [0.5, 0.6) is 0 Å². The highest BCUT2D eigenvalue weighted by atomic mass is 19.1. The molecule has 0 fully saturated rings. The number of hydrogen-bond donors (Lipinski definition) is 1. The molecule has 2 rings (SSSR count). The first-order valence-electron chi connectivity index (χ1n) is 5.81. The van der Waals surface area contributed by atoms with Crippen LogP contribution in [-0.2, 0) is 0 Å². The van der Waals surface area contributed by atoms with Gasteiger partial charge in [0.2, 0.25) is 0 Å². The maximum atomic E-state index is 13.6. The Morgan fingerprint density at radius 2 is 2.12 bits per heavy atom. The minimum Gasteiger partial charge on any atom is -0.384 e. The van der Waals surface area contributed by atoms with Crippen molar-refractivity contribution >= 4 is 0 Å². The van der Waals surface area contributed by atoms with E-state index < -0.39 is 6.10 Å². The summed E-state index contributed by atoms with van der Waals surface area (Å²) in [5, 5.41) is 10.1. The number of hydrogen-bond acceptors (Lipinski definition) is 1. The molecule has 0 aromatic heterocycles. The van der Waals surface area contributed by atoms with Crippen LogP contribution in [0.2, 0.25) is 0 Å². The summed E-state index contributed by atoms with van der Waals surface area (Å²) < 4.78 is 13.6. The number of aliphatic hydroxyl groups is 1. The summed E-state index contributed by atoms with van der Waals surface area (Å²) in [4.78, 5) is 0. The summed E-state index contributed by atoms with van der Waals surface area (Å²) in [6, 6.07) is 4.88. The predicted molar refractivity (Wildman–Crippen MR) is 62.6 cm³/mol. The van der Waals surface area contributed by atoms with Crippen LogP contribution >= 0.6 is 0 Å². The molecule has 1 aliphatic carbocycles. The van der Waals surface area contributed by atoms with Gasteiger partial charge >= 0.3 is 0 Å². The number of benzene rings is 1. The molecule has 0 saturated heterocycles. The monoisotopic (exact) mass is 220 g/mol. The van der Waals surface area contributed by atoms with Crippen LogP contribution in [0.3, 0.4) is 0 Å². The Kier molecular flexibility index (Phi) is 3.39. The summed E-state index contributed by atoms with van der Waals surface area (Å²) in [6.45, 7) is 1.91.